The number of fused-ring (bicyclic) bond motifs is 1. The topological polar surface area (TPSA) is 24.9 Å². The van der Waals surface area contributed by atoms with Gasteiger partial charge in [-0.25, -0.2) is 0 Å². The molecular formula is C17H24N2. The lowest BCUT2D eigenvalue weighted by molar-refractivity contribution is 0.829. The maximum Gasteiger partial charge on any atom is 0.0755 e. The Labute approximate surface area is 116 Å². The number of hydrogen-bond acceptors (Lipinski definition) is 2. The van der Waals surface area contributed by atoms with E-state index in [1.54, 1.807) is 0 Å². The highest BCUT2D eigenvalue weighted by Crippen LogP contribution is 2.29. The summed E-state index contributed by atoms with van der Waals surface area (Å²) < 4.78 is 0. The summed E-state index contributed by atoms with van der Waals surface area (Å²) in [5, 5.41) is 4.79. The van der Waals surface area contributed by atoms with E-state index in [4.69, 9.17) is 4.98 Å². The molecule has 1 heterocycles. The first kappa shape index (κ1) is 13.9. The molecule has 0 aliphatic heterocycles. The molecule has 102 valence electrons. The first-order chi connectivity index (χ1) is 9.02. The Morgan fingerprint density at radius 2 is 1.89 bits per heavy atom. The Morgan fingerprint density at radius 1 is 1.16 bits per heavy atom. The fourth-order valence-electron chi connectivity index (χ4n) is 2.40. The molecule has 0 saturated carbocycles. The van der Waals surface area contributed by atoms with Gasteiger partial charge in [0, 0.05) is 23.3 Å². The highest BCUT2D eigenvalue weighted by atomic mass is 14.9. The van der Waals surface area contributed by atoms with Crippen molar-refractivity contribution in [3.8, 4) is 0 Å². The predicted molar refractivity (Wildman–Crippen MR) is 84.1 cm³/mol. The minimum absolute atomic E-state index is 0.451. The third-order valence-electron chi connectivity index (χ3n) is 3.43. The fraction of sp³-hybridized carbons (Fsp3) is 0.471. The van der Waals surface area contributed by atoms with Gasteiger partial charge < -0.3 is 5.32 Å². The highest BCUT2D eigenvalue weighted by Gasteiger charge is 2.10. The SMILES string of the molecule is CCCNc1cc(C(C)C)nc2c(C)cc(C)cc12. The molecule has 0 spiro atoms. The van der Waals surface area contributed by atoms with Gasteiger partial charge in [0.25, 0.3) is 0 Å². The molecule has 0 saturated heterocycles. The highest BCUT2D eigenvalue weighted by molar-refractivity contribution is 5.94. The van der Waals surface area contributed by atoms with Gasteiger partial charge in [-0.15, -0.1) is 0 Å². The average molecular weight is 256 g/mol. The van der Waals surface area contributed by atoms with Crippen LogP contribution < -0.4 is 5.32 Å². The molecule has 1 aromatic heterocycles. The van der Waals surface area contributed by atoms with Crippen LogP contribution in [0.1, 0.15) is 49.9 Å². The van der Waals surface area contributed by atoms with Gasteiger partial charge in [-0.05, 0) is 43.9 Å². The second kappa shape index (κ2) is 5.60. The summed E-state index contributed by atoms with van der Waals surface area (Å²) in [4.78, 5) is 4.84. The van der Waals surface area contributed by atoms with E-state index in [1.165, 1.54) is 22.2 Å². The molecule has 2 aromatic rings. The van der Waals surface area contributed by atoms with Crippen LogP contribution in [0, 0.1) is 13.8 Å². The van der Waals surface area contributed by atoms with Gasteiger partial charge in [-0.3, -0.25) is 4.98 Å². The quantitative estimate of drug-likeness (QED) is 0.850. The number of aromatic nitrogens is 1. The Kier molecular flexibility index (Phi) is 4.08. The van der Waals surface area contributed by atoms with Gasteiger partial charge in [0.05, 0.1) is 5.52 Å². The summed E-state index contributed by atoms with van der Waals surface area (Å²) in [5.41, 5.74) is 6.08. The van der Waals surface area contributed by atoms with Gasteiger partial charge in [0.15, 0.2) is 0 Å². The summed E-state index contributed by atoms with van der Waals surface area (Å²) >= 11 is 0. The van der Waals surface area contributed by atoms with Crippen LogP contribution in [-0.2, 0) is 0 Å². The van der Waals surface area contributed by atoms with Crippen molar-refractivity contribution < 1.29 is 0 Å². The molecule has 0 radical (unpaired) electrons. The smallest absolute Gasteiger partial charge is 0.0755 e. The monoisotopic (exact) mass is 256 g/mol. The third kappa shape index (κ3) is 2.89. The van der Waals surface area contributed by atoms with Gasteiger partial charge in [-0.1, -0.05) is 32.4 Å². The largest absolute Gasteiger partial charge is 0.384 e. The number of pyridine rings is 1. The first-order valence-corrected chi connectivity index (χ1v) is 7.18. The van der Waals surface area contributed by atoms with E-state index in [1.807, 2.05) is 0 Å². The van der Waals surface area contributed by atoms with Crippen LogP contribution in [0.25, 0.3) is 10.9 Å². The molecule has 1 N–H and O–H groups in total. The summed E-state index contributed by atoms with van der Waals surface area (Å²) in [6.07, 6.45) is 1.13. The Balaban J connectivity index is 2.67. The number of aryl methyl sites for hydroxylation is 2. The molecule has 0 bridgehead atoms. The standard InChI is InChI=1S/C17H24N2/c1-6-7-18-16-10-15(11(2)3)19-17-13(5)8-12(4)9-14(16)17/h8-11H,6-7H2,1-5H3,(H,18,19). The lowest BCUT2D eigenvalue weighted by Crippen LogP contribution is -2.04. The number of nitrogens with one attached hydrogen (secondary N) is 1. The Bertz CT molecular complexity index is 585. The van der Waals surface area contributed by atoms with Crippen LogP contribution in [0.15, 0.2) is 18.2 Å². The van der Waals surface area contributed by atoms with E-state index in [2.05, 4.69) is 58.1 Å². The van der Waals surface area contributed by atoms with Gasteiger partial charge >= 0.3 is 0 Å². The molecule has 0 fully saturated rings. The molecule has 0 aliphatic carbocycles. The predicted octanol–water partition coefficient (Wildman–Crippen LogP) is 4.80. The van der Waals surface area contributed by atoms with E-state index < -0.39 is 0 Å². The van der Waals surface area contributed by atoms with Crippen molar-refractivity contribution in [2.75, 3.05) is 11.9 Å². The van der Waals surface area contributed by atoms with Crippen molar-refractivity contribution in [1.82, 2.24) is 4.98 Å². The molecular weight excluding hydrogens is 232 g/mol. The fourth-order valence-corrected chi connectivity index (χ4v) is 2.40. The van der Waals surface area contributed by atoms with Crippen molar-refractivity contribution in [2.45, 2.75) is 47.0 Å². The minimum Gasteiger partial charge on any atom is -0.384 e. The van der Waals surface area contributed by atoms with Crippen molar-refractivity contribution >= 4 is 16.6 Å². The Morgan fingerprint density at radius 3 is 2.53 bits per heavy atom. The lowest BCUT2D eigenvalue weighted by Gasteiger charge is -2.15. The number of anilines is 1. The Hall–Kier alpha value is -1.57. The molecule has 2 nitrogen and oxygen atoms in total. The van der Waals surface area contributed by atoms with Crippen LogP contribution in [0.3, 0.4) is 0 Å². The zero-order valence-corrected chi connectivity index (χ0v) is 12.7. The summed E-state index contributed by atoms with van der Waals surface area (Å²) in [7, 11) is 0. The van der Waals surface area contributed by atoms with Crippen LogP contribution in [-0.4, -0.2) is 11.5 Å². The number of nitrogens with zero attached hydrogens (tertiary/aromatic N) is 1. The normalized spacial score (nSPS) is 11.3. The zero-order chi connectivity index (χ0) is 14.0. The molecule has 1 aromatic carbocycles. The number of hydrogen-bond donors (Lipinski definition) is 1. The zero-order valence-electron chi connectivity index (χ0n) is 12.7. The minimum atomic E-state index is 0.451. The summed E-state index contributed by atoms with van der Waals surface area (Å²) in [6.45, 7) is 11.9. The van der Waals surface area contributed by atoms with Crippen LogP contribution >= 0.6 is 0 Å². The second-order valence-electron chi connectivity index (χ2n) is 5.65. The number of benzene rings is 1. The van der Waals surface area contributed by atoms with Crippen molar-refractivity contribution in [1.29, 1.82) is 0 Å². The summed E-state index contributed by atoms with van der Waals surface area (Å²) in [5.74, 6) is 0.451. The van der Waals surface area contributed by atoms with E-state index in [-0.39, 0.29) is 0 Å². The third-order valence-corrected chi connectivity index (χ3v) is 3.43. The van der Waals surface area contributed by atoms with Crippen LogP contribution in [0.4, 0.5) is 5.69 Å². The first-order valence-electron chi connectivity index (χ1n) is 7.18. The van der Waals surface area contributed by atoms with Crippen LogP contribution in [0.5, 0.6) is 0 Å². The molecule has 2 heteroatoms. The van der Waals surface area contributed by atoms with Gasteiger partial charge in [0.2, 0.25) is 0 Å². The molecule has 19 heavy (non-hydrogen) atoms. The number of rotatable bonds is 4. The second-order valence-corrected chi connectivity index (χ2v) is 5.65. The van der Waals surface area contributed by atoms with E-state index in [0.29, 0.717) is 5.92 Å². The van der Waals surface area contributed by atoms with Crippen molar-refractivity contribution in [3.05, 3.63) is 35.0 Å². The van der Waals surface area contributed by atoms with Crippen molar-refractivity contribution in [3.63, 3.8) is 0 Å². The molecule has 2 rings (SSSR count). The molecule has 0 atom stereocenters. The van der Waals surface area contributed by atoms with Crippen molar-refractivity contribution in [2.24, 2.45) is 0 Å². The van der Waals surface area contributed by atoms with Gasteiger partial charge in [0.1, 0.15) is 0 Å². The molecule has 0 unspecified atom stereocenters. The van der Waals surface area contributed by atoms with E-state index >= 15 is 0 Å². The van der Waals surface area contributed by atoms with E-state index in [9.17, 15) is 0 Å². The molecule has 0 amide bonds. The van der Waals surface area contributed by atoms with Crippen LogP contribution in [0.2, 0.25) is 0 Å². The lowest BCUT2D eigenvalue weighted by atomic mass is 10.0. The van der Waals surface area contributed by atoms with E-state index in [0.717, 1.165) is 24.2 Å². The van der Waals surface area contributed by atoms with Gasteiger partial charge in [-0.2, -0.15) is 0 Å². The average Bonchev–Trinajstić information content (AvgIpc) is 2.35. The maximum atomic E-state index is 4.84. The molecule has 0 aliphatic rings. The maximum absolute atomic E-state index is 4.84. The summed E-state index contributed by atoms with van der Waals surface area (Å²) in [6, 6.07) is 6.65.